The summed E-state index contributed by atoms with van der Waals surface area (Å²) in [7, 11) is 1.58. The van der Waals surface area contributed by atoms with Gasteiger partial charge in [0.1, 0.15) is 5.75 Å². The molecule has 0 saturated heterocycles. The molecule has 78 valence electrons. The van der Waals surface area contributed by atoms with Crippen LogP contribution in [0.15, 0.2) is 12.1 Å². The van der Waals surface area contributed by atoms with Crippen molar-refractivity contribution >= 4 is 27.7 Å². The van der Waals surface area contributed by atoms with Gasteiger partial charge in [-0.2, -0.15) is 0 Å². The van der Waals surface area contributed by atoms with Gasteiger partial charge in [0.15, 0.2) is 6.29 Å². The summed E-state index contributed by atoms with van der Waals surface area (Å²) in [6, 6.07) is 3.87. The third-order valence-corrected chi connectivity index (χ3v) is 3.94. The van der Waals surface area contributed by atoms with Gasteiger partial charge in [0.25, 0.3) is 0 Å². The zero-order chi connectivity index (χ0) is 11.0. The number of hydrogen-bond acceptors (Lipinski definition) is 3. The van der Waals surface area contributed by atoms with Gasteiger partial charge in [-0.15, -0.1) is 11.3 Å². The largest absolute Gasteiger partial charge is 0.496 e. The molecular formula is C12H12O2S. The Morgan fingerprint density at radius 1 is 1.33 bits per heavy atom. The Morgan fingerprint density at radius 2 is 2.07 bits per heavy atom. The molecule has 0 aliphatic heterocycles. The summed E-state index contributed by atoms with van der Waals surface area (Å²) in [5.74, 6) is 0.652. The fourth-order valence-electron chi connectivity index (χ4n) is 1.70. The highest BCUT2D eigenvalue weighted by molar-refractivity contribution is 7.19. The lowest BCUT2D eigenvalue weighted by Crippen LogP contribution is -1.89. The standard InChI is InChI=1S/C12H12O2S/c1-7-8(2)15-12-9(7)4-5-11(14-3)10(12)6-13/h4-6H,1-3H3. The van der Waals surface area contributed by atoms with E-state index in [4.69, 9.17) is 4.74 Å². The number of aryl methyl sites for hydroxylation is 2. The number of ether oxygens (including phenoxy) is 1. The first kappa shape index (κ1) is 10.2. The van der Waals surface area contributed by atoms with Crippen LogP contribution in [0.25, 0.3) is 10.1 Å². The minimum Gasteiger partial charge on any atom is -0.496 e. The molecule has 0 amide bonds. The maximum Gasteiger partial charge on any atom is 0.155 e. The Kier molecular flexibility index (Phi) is 2.49. The second kappa shape index (κ2) is 3.66. The van der Waals surface area contributed by atoms with Crippen molar-refractivity contribution in [3.63, 3.8) is 0 Å². The third-order valence-electron chi connectivity index (χ3n) is 2.68. The van der Waals surface area contributed by atoms with Gasteiger partial charge in [-0.1, -0.05) is 0 Å². The lowest BCUT2D eigenvalue weighted by Gasteiger charge is -2.03. The molecule has 0 atom stereocenters. The Morgan fingerprint density at radius 3 is 2.67 bits per heavy atom. The summed E-state index contributed by atoms with van der Waals surface area (Å²) >= 11 is 1.65. The Labute approximate surface area is 92.5 Å². The molecule has 0 bridgehead atoms. The normalized spacial score (nSPS) is 10.6. The van der Waals surface area contributed by atoms with Gasteiger partial charge in [0.2, 0.25) is 0 Å². The van der Waals surface area contributed by atoms with Gasteiger partial charge in [-0.05, 0) is 36.9 Å². The SMILES string of the molecule is COc1ccc2c(C)c(C)sc2c1C=O. The first-order valence-electron chi connectivity index (χ1n) is 4.71. The van der Waals surface area contributed by atoms with Crippen LogP contribution in [0.2, 0.25) is 0 Å². The van der Waals surface area contributed by atoms with Crippen LogP contribution in [-0.2, 0) is 0 Å². The molecule has 0 N–H and O–H groups in total. The zero-order valence-electron chi connectivity index (χ0n) is 8.96. The molecule has 0 fully saturated rings. The maximum atomic E-state index is 11.0. The highest BCUT2D eigenvalue weighted by Gasteiger charge is 2.12. The monoisotopic (exact) mass is 220 g/mol. The van der Waals surface area contributed by atoms with Crippen molar-refractivity contribution < 1.29 is 9.53 Å². The number of hydrogen-bond donors (Lipinski definition) is 0. The molecule has 1 heterocycles. The average Bonchev–Trinajstić information content (AvgIpc) is 2.54. The van der Waals surface area contributed by atoms with Crippen LogP contribution in [0, 0.1) is 13.8 Å². The topological polar surface area (TPSA) is 26.3 Å². The first-order chi connectivity index (χ1) is 7.19. The fourth-order valence-corrected chi connectivity index (χ4v) is 2.85. The number of carbonyl (C=O) groups is 1. The van der Waals surface area contributed by atoms with E-state index in [1.807, 2.05) is 12.1 Å². The highest BCUT2D eigenvalue weighted by atomic mass is 32.1. The predicted octanol–water partition coefficient (Wildman–Crippen LogP) is 3.34. The Balaban J connectivity index is 2.88. The van der Waals surface area contributed by atoms with Crippen molar-refractivity contribution in [3.8, 4) is 5.75 Å². The highest BCUT2D eigenvalue weighted by Crippen LogP contribution is 2.35. The van der Waals surface area contributed by atoms with Crippen molar-refractivity contribution in [2.45, 2.75) is 13.8 Å². The molecule has 1 aromatic carbocycles. The smallest absolute Gasteiger partial charge is 0.155 e. The van der Waals surface area contributed by atoms with Crippen LogP contribution in [0.3, 0.4) is 0 Å². The molecule has 15 heavy (non-hydrogen) atoms. The molecular weight excluding hydrogens is 208 g/mol. The van der Waals surface area contributed by atoms with Crippen LogP contribution >= 0.6 is 11.3 Å². The number of methoxy groups -OCH3 is 1. The van der Waals surface area contributed by atoms with E-state index in [9.17, 15) is 4.79 Å². The molecule has 2 aromatic rings. The number of aldehydes is 1. The van der Waals surface area contributed by atoms with Crippen molar-refractivity contribution in [1.82, 2.24) is 0 Å². The Bertz CT molecular complexity index is 526. The molecule has 2 nitrogen and oxygen atoms in total. The van der Waals surface area contributed by atoms with Crippen molar-refractivity contribution in [1.29, 1.82) is 0 Å². The summed E-state index contributed by atoms with van der Waals surface area (Å²) in [5, 5.41) is 1.15. The van der Waals surface area contributed by atoms with Crippen LogP contribution in [0.1, 0.15) is 20.8 Å². The van der Waals surface area contributed by atoms with Gasteiger partial charge in [0, 0.05) is 9.58 Å². The lowest BCUT2D eigenvalue weighted by atomic mass is 10.1. The van der Waals surface area contributed by atoms with Gasteiger partial charge >= 0.3 is 0 Å². The van der Waals surface area contributed by atoms with E-state index in [1.165, 1.54) is 10.4 Å². The number of rotatable bonds is 2. The molecule has 0 spiro atoms. The maximum absolute atomic E-state index is 11.0. The number of carbonyl (C=O) groups excluding carboxylic acids is 1. The third kappa shape index (κ3) is 1.43. The number of fused-ring (bicyclic) bond motifs is 1. The van der Waals surface area contributed by atoms with E-state index >= 15 is 0 Å². The van der Waals surface area contributed by atoms with E-state index in [-0.39, 0.29) is 0 Å². The molecule has 0 aliphatic carbocycles. The van der Waals surface area contributed by atoms with Crippen molar-refractivity contribution in [2.24, 2.45) is 0 Å². The van der Waals surface area contributed by atoms with Crippen LogP contribution in [0.5, 0.6) is 5.75 Å². The molecule has 2 rings (SSSR count). The predicted molar refractivity (Wildman–Crippen MR) is 63.2 cm³/mol. The summed E-state index contributed by atoms with van der Waals surface area (Å²) in [5.41, 5.74) is 1.91. The second-order valence-corrected chi connectivity index (χ2v) is 4.68. The van der Waals surface area contributed by atoms with Crippen LogP contribution < -0.4 is 4.74 Å². The van der Waals surface area contributed by atoms with Crippen LogP contribution in [-0.4, -0.2) is 13.4 Å². The van der Waals surface area contributed by atoms with Gasteiger partial charge in [-0.3, -0.25) is 4.79 Å². The molecule has 0 radical (unpaired) electrons. The molecule has 1 aromatic heterocycles. The first-order valence-corrected chi connectivity index (χ1v) is 5.52. The number of thiophene rings is 1. The van der Waals surface area contributed by atoms with E-state index < -0.39 is 0 Å². The summed E-state index contributed by atoms with van der Waals surface area (Å²) < 4.78 is 6.20. The number of benzene rings is 1. The van der Waals surface area contributed by atoms with E-state index in [0.29, 0.717) is 11.3 Å². The molecule has 3 heteroatoms. The average molecular weight is 220 g/mol. The Hall–Kier alpha value is -1.35. The van der Waals surface area contributed by atoms with E-state index in [1.54, 1.807) is 18.4 Å². The van der Waals surface area contributed by atoms with E-state index in [0.717, 1.165) is 16.4 Å². The van der Waals surface area contributed by atoms with Gasteiger partial charge in [-0.25, -0.2) is 0 Å². The summed E-state index contributed by atoms with van der Waals surface area (Å²) in [6.45, 7) is 4.15. The zero-order valence-corrected chi connectivity index (χ0v) is 9.77. The fraction of sp³-hybridized carbons (Fsp3) is 0.250. The van der Waals surface area contributed by atoms with Crippen LogP contribution in [0.4, 0.5) is 0 Å². The molecule has 0 saturated carbocycles. The second-order valence-electron chi connectivity index (χ2n) is 3.46. The lowest BCUT2D eigenvalue weighted by molar-refractivity contribution is 0.112. The van der Waals surface area contributed by atoms with Gasteiger partial charge in [0.05, 0.1) is 12.7 Å². The summed E-state index contributed by atoms with van der Waals surface area (Å²) in [4.78, 5) is 12.3. The summed E-state index contributed by atoms with van der Waals surface area (Å²) in [6.07, 6.45) is 0.872. The quantitative estimate of drug-likeness (QED) is 0.725. The van der Waals surface area contributed by atoms with E-state index in [2.05, 4.69) is 13.8 Å². The molecule has 0 aliphatic rings. The minimum absolute atomic E-state index is 0.652. The van der Waals surface area contributed by atoms with Crippen molar-refractivity contribution in [2.75, 3.05) is 7.11 Å². The minimum atomic E-state index is 0.652. The van der Waals surface area contributed by atoms with Gasteiger partial charge < -0.3 is 4.74 Å². The van der Waals surface area contributed by atoms with Crippen molar-refractivity contribution in [3.05, 3.63) is 28.1 Å². The molecule has 0 unspecified atom stereocenters.